The molecule has 0 amide bonds. The van der Waals surface area contributed by atoms with Gasteiger partial charge >= 0.3 is 0 Å². The molecule has 0 spiro atoms. The Morgan fingerprint density at radius 2 is 1.31 bits per heavy atom. The SMILES string of the molecule is C=C(COc1cc([C@@H](C)CC2CCn3c(Cl)c(-c4cc(Oc5ccccc5O)c(Cl)cc4F)c(=O)n3C2)ccc1Oc1cc(-c2c(Cl)n3n(c2=O)CCCC3)c(F)cc1Cl)c1cccc(Cl)c1. The monoisotopic (exact) mass is 1010 g/mol. The highest BCUT2D eigenvalue weighted by atomic mass is 35.5. The van der Waals surface area contributed by atoms with Crippen LogP contribution in [0.25, 0.3) is 27.8 Å². The molecule has 4 heterocycles. The van der Waals surface area contributed by atoms with Crippen LogP contribution in [-0.2, 0) is 26.2 Å². The molecule has 5 aromatic carbocycles. The van der Waals surface area contributed by atoms with E-state index >= 15 is 8.78 Å². The van der Waals surface area contributed by atoms with Gasteiger partial charge in [-0.1, -0.05) is 102 Å². The van der Waals surface area contributed by atoms with Crippen LogP contribution in [0.15, 0.2) is 107 Å². The van der Waals surface area contributed by atoms with Gasteiger partial charge in [-0.2, -0.15) is 0 Å². The second kappa shape index (κ2) is 19.2. The van der Waals surface area contributed by atoms with Crippen LogP contribution in [0.5, 0.6) is 34.5 Å². The van der Waals surface area contributed by atoms with Crippen molar-refractivity contribution in [3.63, 3.8) is 0 Å². The molecule has 7 aromatic rings. The Labute approximate surface area is 408 Å². The molecule has 2 aliphatic rings. The molecular formula is C50H41Cl5F2N4O6. The molecule has 2 aliphatic heterocycles. The van der Waals surface area contributed by atoms with Gasteiger partial charge in [0.25, 0.3) is 11.1 Å². The number of aromatic nitrogens is 4. The van der Waals surface area contributed by atoms with Gasteiger partial charge in [0.15, 0.2) is 23.0 Å². The van der Waals surface area contributed by atoms with Crippen molar-refractivity contribution < 1.29 is 28.1 Å². The number of phenols is 1. The molecule has 17 heteroatoms. The van der Waals surface area contributed by atoms with E-state index in [-0.39, 0.29) is 89.8 Å². The van der Waals surface area contributed by atoms with Crippen molar-refractivity contribution in [1.82, 2.24) is 18.7 Å². The van der Waals surface area contributed by atoms with E-state index in [4.69, 9.17) is 72.2 Å². The Kier molecular flexibility index (Phi) is 13.3. The van der Waals surface area contributed by atoms with Crippen molar-refractivity contribution in [2.24, 2.45) is 5.92 Å². The van der Waals surface area contributed by atoms with E-state index in [1.807, 2.05) is 24.3 Å². The van der Waals surface area contributed by atoms with E-state index in [2.05, 4.69) is 13.5 Å². The minimum Gasteiger partial charge on any atom is -0.504 e. The van der Waals surface area contributed by atoms with Gasteiger partial charge in [-0.25, -0.2) is 18.1 Å². The zero-order chi connectivity index (χ0) is 47.3. The van der Waals surface area contributed by atoms with Crippen LogP contribution in [0, 0.1) is 17.6 Å². The van der Waals surface area contributed by atoms with Crippen LogP contribution in [0.3, 0.4) is 0 Å². The number of phenolic OH excluding ortho intramolecular Hbond substituents is 1. The Morgan fingerprint density at radius 3 is 1.96 bits per heavy atom. The van der Waals surface area contributed by atoms with Gasteiger partial charge in [0.1, 0.15) is 40.0 Å². The number of nitrogens with zero attached hydrogens (tertiary/aromatic N) is 4. The van der Waals surface area contributed by atoms with Crippen molar-refractivity contribution in [1.29, 1.82) is 0 Å². The molecule has 0 aliphatic carbocycles. The number of fused-ring (bicyclic) bond motifs is 2. The molecule has 2 aromatic heterocycles. The van der Waals surface area contributed by atoms with Crippen LogP contribution in [0.1, 0.15) is 49.7 Å². The van der Waals surface area contributed by atoms with Crippen LogP contribution in [0.4, 0.5) is 8.78 Å². The number of hydrogen-bond donors (Lipinski definition) is 1. The molecule has 1 unspecified atom stereocenters. The van der Waals surface area contributed by atoms with Crippen LogP contribution in [-0.4, -0.2) is 30.4 Å². The standard InChI is InChI=1S/C50H41Cl5F2N4O6/c1-27(18-29-14-17-59-48(55)46(50(64)61(59)25-29)34-21-42(35(52)23-38(34)57)66-40-11-4-3-10-39(40)62)31-12-13-41(44(20-31)65-26-28(2)30-8-7-9-32(51)19-30)67-43-22-33(37(56)24-36(43)53)45-47(54)58-15-5-6-16-60(58)49(45)63/h3-4,7-13,19-24,27,29,62H,2,5-6,14-18,25-26H2,1H3/t27-,29?/m0/s1. The molecule has 0 saturated carbocycles. The average Bonchev–Trinajstić information content (AvgIpc) is 3.71. The van der Waals surface area contributed by atoms with Crippen molar-refractivity contribution >= 4 is 63.6 Å². The van der Waals surface area contributed by atoms with E-state index in [9.17, 15) is 14.7 Å². The molecular weight excluding hydrogens is 968 g/mol. The summed E-state index contributed by atoms with van der Waals surface area (Å²) in [5, 5.41) is 10.9. The highest BCUT2D eigenvalue weighted by Gasteiger charge is 2.30. The summed E-state index contributed by atoms with van der Waals surface area (Å²) in [6, 6.07) is 23.8. The second-order valence-corrected chi connectivity index (χ2v) is 18.7. The minimum absolute atomic E-state index is 0.0179. The normalized spacial score (nSPS) is 14.9. The van der Waals surface area contributed by atoms with Gasteiger partial charge in [0.2, 0.25) is 0 Å². The average molecular weight is 1010 g/mol. The topological polar surface area (TPSA) is 102 Å². The van der Waals surface area contributed by atoms with Gasteiger partial charge in [0.05, 0.1) is 21.2 Å². The van der Waals surface area contributed by atoms with Crippen LogP contribution >= 0.6 is 58.0 Å². The maximum Gasteiger partial charge on any atom is 0.276 e. The van der Waals surface area contributed by atoms with Crippen molar-refractivity contribution in [2.45, 2.75) is 64.7 Å². The first-order valence-electron chi connectivity index (χ1n) is 21.5. The molecule has 0 radical (unpaired) electrons. The van der Waals surface area contributed by atoms with Gasteiger partial charge < -0.3 is 19.3 Å². The van der Waals surface area contributed by atoms with Crippen LogP contribution in [0.2, 0.25) is 25.4 Å². The number of aromatic hydroxyl groups is 1. The predicted molar refractivity (Wildman–Crippen MR) is 259 cm³/mol. The number of rotatable bonds is 13. The largest absolute Gasteiger partial charge is 0.504 e. The summed E-state index contributed by atoms with van der Waals surface area (Å²) < 4.78 is 56.3. The fraction of sp³-hybridized carbons (Fsp3) is 0.240. The molecule has 1 N–H and O–H groups in total. The van der Waals surface area contributed by atoms with Crippen molar-refractivity contribution in [3.05, 3.63) is 166 Å². The minimum atomic E-state index is -0.759. The van der Waals surface area contributed by atoms with Gasteiger partial charge in [-0.05, 0) is 115 Å². The molecule has 0 saturated heterocycles. The Morgan fingerprint density at radius 1 is 0.701 bits per heavy atom. The highest BCUT2D eigenvalue weighted by molar-refractivity contribution is 6.34. The van der Waals surface area contributed by atoms with Gasteiger partial charge in [0, 0.05) is 42.3 Å². The molecule has 346 valence electrons. The third kappa shape index (κ3) is 9.22. The van der Waals surface area contributed by atoms with Crippen molar-refractivity contribution in [2.75, 3.05) is 6.61 Å². The number of hydrogen-bond acceptors (Lipinski definition) is 6. The lowest BCUT2D eigenvalue weighted by atomic mass is 9.87. The summed E-state index contributed by atoms with van der Waals surface area (Å²) in [4.78, 5) is 27.6. The first-order chi connectivity index (χ1) is 32.2. The lowest BCUT2D eigenvalue weighted by molar-refractivity contribution is 0.242. The first kappa shape index (κ1) is 46.5. The van der Waals surface area contributed by atoms with E-state index in [1.54, 1.807) is 39.7 Å². The second-order valence-electron chi connectivity index (χ2n) is 16.7. The quantitative estimate of drug-likeness (QED) is 0.123. The third-order valence-electron chi connectivity index (χ3n) is 12.3. The van der Waals surface area contributed by atoms with Gasteiger partial charge in [-0.3, -0.25) is 19.0 Å². The zero-order valence-corrected chi connectivity index (χ0v) is 39.6. The van der Waals surface area contributed by atoms with E-state index in [1.165, 1.54) is 33.6 Å². The van der Waals surface area contributed by atoms with E-state index in [0.717, 1.165) is 36.1 Å². The molecule has 0 fully saturated rings. The number of ether oxygens (including phenoxy) is 3. The summed E-state index contributed by atoms with van der Waals surface area (Å²) in [5.74, 6) is -0.857. The van der Waals surface area contributed by atoms with Crippen LogP contribution < -0.4 is 25.3 Å². The molecule has 2 atom stereocenters. The summed E-state index contributed by atoms with van der Waals surface area (Å²) in [5.41, 5.74) is 1.32. The smallest absolute Gasteiger partial charge is 0.276 e. The molecule has 9 rings (SSSR count). The third-order valence-corrected chi connectivity index (χ3v) is 13.9. The zero-order valence-electron chi connectivity index (χ0n) is 35.8. The predicted octanol–water partition coefficient (Wildman–Crippen LogP) is 13.9. The van der Waals surface area contributed by atoms with Gasteiger partial charge in [-0.15, -0.1) is 0 Å². The lowest BCUT2D eigenvalue weighted by Crippen LogP contribution is -2.33. The Balaban J connectivity index is 0.986. The summed E-state index contributed by atoms with van der Waals surface area (Å²) in [6.07, 6.45) is 2.97. The lowest BCUT2D eigenvalue weighted by Gasteiger charge is -2.28. The summed E-state index contributed by atoms with van der Waals surface area (Å²) in [7, 11) is 0. The summed E-state index contributed by atoms with van der Waals surface area (Å²) in [6.45, 7) is 8.06. The fourth-order valence-corrected chi connectivity index (χ4v) is 10.1. The first-order valence-corrected chi connectivity index (χ1v) is 23.4. The van der Waals surface area contributed by atoms with Crippen molar-refractivity contribution in [3.8, 4) is 56.8 Å². The van der Waals surface area contributed by atoms with E-state index < -0.39 is 22.8 Å². The maximum absolute atomic E-state index is 15.7. The Hall–Kier alpha value is -5.63. The molecule has 0 bridgehead atoms. The number of benzene rings is 5. The van der Waals surface area contributed by atoms with E-state index in [0.29, 0.717) is 55.4 Å². The molecule has 67 heavy (non-hydrogen) atoms. The Bertz CT molecular complexity index is 3220. The number of para-hydroxylation sites is 2. The maximum atomic E-state index is 15.7. The number of halogens is 7. The highest BCUT2D eigenvalue weighted by Crippen LogP contribution is 2.44. The summed E-state index contributed by atoms with van der Waals surface area (Å²) >= 11 is 32.8. The molecule has 10 nitrogen and oxygen atoms in total. The fourth-order valence-electron chi connectivity index (χ4n) is 8.77.